The average molecular weight is 205 g/mol. The highest BCUT2D eigenvalue weighted by molar-refractivity contribution is 5.73. The van der Waals surface area contributed by atoms with Crippen LogP contribution in [0.3, 0.4) is 0 Å². The first-order valence-electron chi connectivity index (χ1n) is 5.22. The lowest BCUT2D eigenvalue weighted by molar-refractivity contribution is -0.139. The molecule has 1 aromatic carbocycles. The number of hydrogen-bond acceptors (Lipinski definition) is 2. The number of benzene rings is 1. The summed E-state index contributed by atoms with van der Waals surface area (Å²) in [5.41, 5.74) is 2.41. The minimum absolute atomic E-state index is 0.200. The van der Waals surface area contributed by atoms with Crippen molar-refractivity contribution in [2.75, 3.05) is 0 Å². The lowest BCUT2D eigenvalue weighted by atomic mass is 10.0. The molecule has 1 fully saturated rings. The first-order valence-corrected chi connectivity index (χ1v) is 5.22. The van der Waals surface area contributed by atoms with Crippen molar-refractivity contribution < 1.29 is 9.90 Å². The fourth-order valence-electron chi connectivity index (χ4n) is 2.09. The van der Waals surface area contributed by atoms with Gasteiger partial charge in [-0.15, -0.1) is 0 Å². The van der Waals surface area contributed by atoms with E-state index in [1.54, 1.807) is 0 Å². The SMILES string of the molecule is Cc1cccc([C@H]2CC[C@H](C(=O)O)N2)c1. The van der Waals surface area contributed by atoms with Gasteiger partial charge in [0.2, 0.25) is 0 Å². The summed E-state index contributed by atoms with van der Waals surface area (Å²) in [7, 11) is 0. The Morgan fingerprint density at radius 1 is 1.47 bits per heavy atom. The van der Waals surface area contributed by atoms with E-state index in [9.17, 15) is 4.79 Å². The zero-order chi connectivity index (χ0) is 10.8. The van der Waals surface area contributed by atoms with Crippen molar-refractivity contribution in [2.24, 2.45) is 0 Å². The molecule has 0 spiro atoms. The van der Waals surface area contributed by atoms with E-state index in [2.05, 4.69) is 17.4 Å². The molecule has 3 nitrogen and oxygen atoms in total. The van der Waals surface area contributed by atoms with Crippen LogP contribution in [0.5, 0.6) is 0 Å². The first-order chi connectivity index (χ1) is 7.16. The third-order valence-corrected chi connectivity index (χ3v) is 2.89. The van der Waals surface area contributed by atoms with E-state index in [0.717, 1.165) is 6.42 Å². The molecule has 0 aromatic heterocycles. The number of nitrogens with one attached hydrogen (secondary N) is 1. The van der Waals surface area contributed by atoms with Gasteiger partial charge in [-0.3, -0.25) is 10.1 Å². The van der Waals surface area contributed by atoms with Crippen LogP contribution in [0.25, 0.3) is 0 Å². The smallest absolute Gasteiger partial charge is 0.320 e. The summed E-state index contributed by atoms with van der Waals surface area (Å²) < 4.78 is 0. The van der Waals surface area contributed by atoms with Gasteiger partial charge in [0.25, 0.3) is 0 Å². The van der Waals surface area contributed by atoms with E-state index in [4.69, 9.17) is 5.11 Å². The second kappa shape index (κ2) is 4.03. The molecular weight excluding hydrogens is 190 g/mol. The molecule has 1 aliphatic rings. The van der Waals surface area contributed by atoms with Gasteiger partial charge in [0.1, 0.15) is 6.04 Å². The van der Waals surface area contributed by atoms with Crippen molar-refractivity contribution in [2.45, 2.75) is 31.8 Å². The minimum atomic E-state index is -0.745. The second-order valence-corrected chi connectivity index (χ2v) is 4.10. The first kappa shape index (κ1) is 10.2. The fraction of sp³-hybridized carbons (Fsp3) is 0.417. The van der Waals surface area contributed by atoms with Gasteiger partial charge in [-0.25, -0.2) is 0 Å². The molecule has 1 heterocycles. The number of carboxylic acids is 1. The van der Waals surface area contributed by atoms with E-state index < -0.39 is 5.97 Å². The molecule has 0 aliphatic carbocycles. The van der Waals surface area contributed by atoms with Crippen LogP contribution in [0.15, 0.2) is 24.3 Å². The Morgan fingerprint density at radius 3 is 2.87 bits per heavy atom. The van der Waals surface area contributed by atoms with Crippen LogP contribution in [0, 0.1) is 6.92 Å². The topological polar surface area (TPSA) is 49.3 Å². The summed E-state index contributed by atoms with van der Waals surface area (Å²) in [6.45, 7) is 2.05. The van der Waals surface area contributed by atoms with Crippen molar-refractivity contribution >= 4 is 5.97 Å². The van der Waals surface area contributed by atoms with Crippen molar-refractivity contribution in [3.8, 4) is 0 Å². The number of hydrogen-bond donors (Lipinski definition) is 2. The summed E-state index contributed by atoms with van der Waals surface area (Å²) in [6, 6.07) is 8.05. The van der Waals surface area contributed by atoms with Crippen LogP contribution < -0.4 is 5.32 Å². The molecule has 0 saturated carbocycles. The number of rotatable bonds is 2. The standard InChI is InChI=1S/C12H15NO2/c1-8-3-2-4-9(7-8)10-5-6-11(13-10)12(14)15/h2-4,7,10-11,13H,5-6H2,1H3,(H,14,15)/t10-,11-/m1/s1. The van der Waals surface area contributed by atoms with E-state index in [1.165, 1.54) is 11.1 Å². The predicted molar refractivity (Wildman–Crippen MR) is 57.7 cm³/mol. The van der Waals surface area contributed by atoms with E-state index >= 15 is 0 Å². The molecule has 0 amide bonds. The van der Waals surface area contributed by atoms with Crippen molar-refractivity contribution in [1.82, 2.24) is 5.32 Å². The number of aliphatic carboxylic acids is 1. The Hall–Kier alpha value is -1.35. The van der Waals surface area contributed by atoms with E-state index in [-0.39, 0.29) is 12.1 Å². The Labute approximate surface area is 89.1 Å². The molecule has 0 bridgehead atoms. The molecule has 1 saturated heterocycles. The molecule has 15 heavy (non-hydrogen) atoms. The van der Waals surface area contributed by atoms with Gasteiger partial charge in [-0.05, 0) is 25.3 Å². The molecule has 3 heteroatoms. The van der Waals surface area contributed by atoms with Crippen LogP contribution in [0.1, 0.15) is 30.0 Å². The maximum Gasteiger partial charge on any atom is 0.320 e. The van der Waals surface area contributed by atoms with Crippen molar-refractivity contribution in [3.05, 3.63) is 35.4 Å². The number of carbonyl (C=O) groups is 1. The second-order valence-electron chi connectivity index (χ2n) is 4.10. The van der Waals surface area contributed by atoms with E-state index in [1.807, 2.05) is 19.1 Å². The molecule has 2 atom stereocenters. The Kier molecular flexibility index (Phi) is 2.73. The molecule has 2 N–H and O–H groups in total. The van der Waals surface area contributed by atoms with Crippen molar-refractivity contribution in [1.29, 1.82) is 0 Å². The highest BCUT2D eigenvalue weighted by Crippen LogP contribution is 2.26. The Morgan fingerprint density at radius 2 is 2.27 bits per heavy atom. The maximum atomic E-state index is 10.8. The van der Waals surface area contributed by atoms with Gasteiger partial charge >= 0.3 is 5.97 Å². The third kappa shape index (κ3) is 2.18. The van der Waals surface area contributed by atoms with Gasteiger partial charge in [0.05, 0.1) is 0 Å². The largest absolute Gasteiger partial charge is 0.480 e. The molecular formula is C12H15NO2. The Bertz CT molecular complexity index is 376. The van der Waals surface area contributed by atoms with Crippen LogP contribution in [0.4, 0.5) is 0 Å². The van der Waals surface area contributed by atoms with Gasteiger partial charge in [-0.1, -0.05) is 29.8 Å². The molecule has 0 radical (unpaired) electrons. The molecule has 1 aliphatic heterocycles. The monoisotopic (exact) mass is 205 g/mol. The lowest BCUT2D eigenvalue weighted by Crippen LogP contribution is -2.31. The van der Waals surface area contributed by atoms with E-state index in [0.29, 0.717) is 6.42 Å². The highest BCUT2D eigenvalue weighted by Gasteiger charge is 2.29. The fourth-order valence-corrected chi connectivity index (χ4v) is 2.09. The molecule has 80 valence electrons. The average Bonchev–Trinajstić information content (AvgIpc) is 2.66. The number of carboxylic acid groups (broad SMARTS) is 1. The van der Waals surface area contributed by atoms with Gasteiger partial charge in [-0.2, -0.15) is 0 Å². The number of aryl methyl sites for hydroxylation is 1. The summed E-state index contributed by atoms with van der Waals surface area (Å²) >= 11 is 0. The van der Waals surface area contributed by atoms with Gasteiger partial charge < -0.3 is 5.11 Å². The zero-order valence-electron chi connectivity index (χ0n) is 8.73. The normalized spacial score (nSPS) is 25.4. The maximum absolute atomic E-state index is 10.8. The zero-order valence-corrected chi connectivity index (χ0v) is 8.73. The van der Waals surface area contributed by atoms with Gasteiger partial charge in [0.15, 0.2) is 0 Å². The highest BCUT2D eigenvalue weighted by atomic mass is 16.4. The molecule has 2 rings (SSSR count). The van der Waals surface area contributed by atoms with Crippen molar-refractivity contribution in [3.63, 3.8) is 0 Å². The lowest BCUT2D eigenvalue weighted by Gasteiger charge is -2.12. The van der Waals surface area contributed by atoms with Crippen LogP contribution in [0.2, 0.25) is 0 Å². The molecule has 1 aromatic rings. The summed E-state index contributed by atoms with van der Waals surface area (Å²) in [4.78, 5) is 10.8. The third-order valence-electron chi connectivity index (χ3n) is 2.89. The Balaban J connectivity index is 2.11. The predicted octanol–water partition coefficient (Wildman–Crippen LogP) is 1.87. The van der Waals surface area contributed by atoms with Crippen LogP contribution in [-0.4, -0.2) is 17.1 Å². The summed E-state index contributed by atoms with van der Waals surface area (Å²) in [6.07, 6.45) is 1.62. The summed E-state index contributed by atoms with van der Waals surface area (Å²) in [5, 5.41) is 12.0. The quantitative estimate of drug-likeness (QED) is 0.775. The van der Waals surface area contributed by atoms with Crippen LogP contribution in [-0.2, 0) is 4.79 Å². The van der Waals surface area contributed by atoms with Gasteiger partial charge in [0, 0.05) is 6.04 Å². The minimum Gasteiger partial charge on any atom is -0.480 e. The summed E-state index contributed by atoms with van der Waals surface area (Å²) in [5.74, 6) is -0.745. The van der Waals surface area contributed by atoms with Crippen LogP contribution >= 0.6 is 0 Å². The molecule has 0 unspecified atom stereocenters.